The minimum Gasteiger partial charge on any atom is -0.368 e. The van der Waals surface area contributed by atoms with E-state index in [0.717, 1.165) is 67.0 Å². The number of nitrogens with one attached hydrogen (secondary N) is 4. The molecule has 1 saturated carbocycles. The maximum absolute atomic E-state index is 12.7. The van der Waals surface area contributed by atoms with Crippen LogP contribution in [-0.2, 0) is 9.59 Å². The molecule has 2 saturated heterocycles. The summed E-state index contributed by atoms with van der Waals surface area (Å²) in [6.07, 6.45) is 3.81. The molecule has 9 nitrogen and oxygen atoms in total. The lowest BCUT2D eigenvalue weighted by atomic mass is 9.97. The number of hydrogen-bond donors (Lipinski definition) is 4. The van der Waals surface area contributed by atoms with Crippen LogP contribution in [0.4, 0.5) is 11.4 Å². The molecular weight excluding hydrogens is 454 g/mol. The molecule has 0 radical (unpaired) electrons. The van der Waals surface area contributed by atoms with Crippen molar-refractivity contribution >= 4 is 34.2 Å². The van der Waals surface area contributed by atoms with Crippen molar-refractivity contribution in [3.05, 3.63) is 42.6 Å². The predicted octanol–water partition coefficient (Wildman–Crippen LogP) is 2.73. The molecule has 4 N–H and O–H groups in total. The number of piperazine rings is 1. The van der Waals surface area contributed by atoms with Gasteiger partial charge in [-0.3, -0.25) is 15.0 Å². The average molecular weight is 488 g/mol. The fourth-order valence-corrected chi connectivity index (χ4v) is 5.18. The van der Waals surface area contributed by atoms with E-state index in [-0.39, 0.29) is 29.8 Å². The van der Waals surface area contributed by atoms with Crippen LogP contribution in [0.15, 0.2) is 42.6 Å². The van der Waals surface area contributed by atoms with Gasteiger partial charge in [0.2, 0.25) is 11.8 Å². The van der Waals surface area contributed by atoms with Crippen molar-refractivity contribution in [3.8, 4) is 11.3 Å². The van der Waals surface area contributed by atoms with Gasteiger partial charge in [0.1, 0.15) is 11.7 Å². The number of H-pyrrole nitrogens is 1. The summed E-state index contributed by atoms with van der Waals surface area (Å²) in [7, 11) is 0. The average Bonchev–Trinajstić information content (AvgIpc) is 3.58. The van der Waals surface area contributed by atoms with E-state index < -0.39 is 0 Å². The molecule has 1 aromatic carbocycles. The Morgan fingerprint density at radius 2 is 1.83 bits per heavy atom. The summed E-state index contributed by atoms with van der Waals surface area (Å²) in [6.45, 7) is 7.39. The number of hydrogen-bond acceptors (Lipinski definition) is 6. The molecule has 2 amide bonds. The van der Waals surface area contributed by atoms with Gasteiger partial charge in [-0.1, -0.05) is 19.1 Å². The quantitative estimate of drug-likeness (QED) is 0.441. The minimum atomic E-state index is -0.283. The predicted molar refractivity (Wildman–Crippen MR) is 140 cm³/mol. The summed E-state index contributed by atoms with van der Waals surface area (Å²) in [5.74, 6) is 0.745. The normalized spacial score (nSPS) is 24.3. The Hall–Kier alpha value is -3.43. The third kappa shape index (κ3) is 4.44. The maximum atomic E-state index is 12.7. The number of carbonyl (C=O) groups excluding carboxylic acids is 2. The molecule has 3 aliphatic rings. The van der Waals surface area contributed by atoms with Crippen LogP contribution in [0.25, 0.3) is 22.3 Å². The topological polar surface area (TPSA) is 105 Å². The van der Waals surface area contributed by atoms with Gasteiger partial charge in [-0.05, 0) is 49.9 Å². The third-order valence-corrected chi connectivity index (χ3v) is 7.84. The molecule has 6 rings (SSSR count). The smallest absolute Gasteiger partial charge is 0.243 e. The number of hydrazine groups is 1. The van der Waals surface area contributed by atoms with E-state index in [0.29, 0.717) is 11.6 Å². The van der Waals surface area contributed by atoms with Gasteiger partial charge in [0.15, 0.2) is 0 Å². The largest absolute Gasteiger partial charge is 0.368 e. The number of rotatable bonds is 5. The van der Waals surface area contributed by atoms with Gasteiger partial charge in [0.25, 0.3) is 0 Å². The first-order chi connectivity index (χ1) is 17.5. The Kier molecular flexibility index (Phi) is 5.89. The Labute approximate surface area is 210 Å². The molecule has 3 fully saturated rings. The molecule has 0 bridgehead atoms. The number of nitrogens with zero attached hydrogens (tertiary/aromatic N) is 3. The van der Waals surface area contributed by atoms with Gasteiger partial charge in [-0.25, -0.2) is 10.4 Å². The van der Waals surface area contributed by atoms with Gasteiger partial charge < -0.3 is 20.1 Å². The lowest BCUT2D eigenvalue weighted by Gasteiger charge is -2.36. The molecule has 1 aliphatic carbocycles. The van der Waals surface area contributed by atoms with Crippen molar-refractivity contribution in [2.24, 2.45) is 11.8 Å². The summed E-state index contributed by atoms with van der Waals surface area (Å²) in [5, 5.41) is 3.94. The van der Waals surface area contributed by atoms with E-state index in [4.69, 9.17) is 0 Å². The first-order valence-corrected chi connectivity index (χ1v) is 12.9. The summed E-state index contributed by atoms with van der Waals surface area (Å²) < 4.78 is 0. The summed E-state index contributed by atoms with van der Waals surface area (Å²) in [4.78, 5) is 37.4. The van der Waals surface area contributed by atoms with Gasteiger partial charge in [0.05, 0.1) is 11.9 Å². The Morgan fingerprint density at radius 3 is 2.56 bits per heavy atom. The zero-order valence-corrected chi connectivity index (χ0v) is 20.8. The maximum Gasteiger partial charge on any atom is 0.243 e. The highest BCUT2D eigenvalue weighted by Gasteiger charge is 2.35. The van der Waals surface area contributed by atoms with Crippen molar-refractivity contribution < 1.29 is 9.59 Å². The monoisotopic (exact) mass is 487 g/mol. The van der Waals surface area contributed by atoms with Crippen LogP contribution in [-0.4, -0.2) is 64.9 Å². The summed E-state index contributed by atoms with van der Waals surface area (Å²) in [5.41, 5.74) is 10.9. The molecule has 36 heavy (non-hydrogen) atoms. The number of aromatic amines is 1. The highest BCUT2D eigenvalue weighted by atomic mass is 16.2. The van der Waals surface area contributed by atoms with Gasteiger partial charge in [0, 0.05) is 60.5 Å². The van der Waals surface area contributed by atoms with Crippen molar-refractivity contribution in [2.75, 3.05) is 36.4 Å². The number of benzene rings is 1. The van der Waals surface area contributed by atoms with Crippen molar-refractivity contribution in [1.29, 1.82) is 0 Å². The molecule has 188 valence electrons. The van der Waals surface area contributed by atoms with Crippen LogP contribution in [0.1, 0.15) is 26.7 Å². The van der Waals surface area contributed by atoms with Crippen LogP contribution in [0.3, 0.4) is 0 Å². The lowest BCUT2D eigenvalue weighted by molar-refractivity contribution is -0.132. The number of fused-ring (bicyclic) bond motifs is 1. The molecule has 9 heteroatoms. The molecule has 2 aliphatic heterocycles. The number of carbonyl (C=O) groups is 2. The van der Waals surface area contributed by atoms with Gasteiger partial charge in [-0.15, -0.1) is 0 Å². The molecule has 0 spiro atoms. The Morgan fingerprint density at radius 1 is 1.03 bits per heavy atom. The number of pyridine rings is 1. The van der Waals surface area contributed by atoms with Crippen molar-refractivity contribution in [1.82, 2.24) is 25.7 Å². The SMILES string of the molecule is CC1NNC(C(=O)Nc2cnc3[nH]c(-c4cccc(N5CCN(C(=O)C6CC6)CC5)c4)cc3c2)C1C. The zero-order valence-electron chi connectivity index (χ0n) is 20.8. The summed E-state index contributed by atoms with van der Waals surface area (Å²) >= 11 is 0. The Bertz CT molecular complexity index is 1290. The first kappa shape index (κ1) is 23.0. The van der Waals surface area contributed by atoms with E-state index in [1.54, 1.807) is 6.20 Å². The molecule has 3 atom stereocenters. The van der Waals surface area contributed by atoms with Gasteiger partial charge >= 0.3 is 0 Å². The van der Waals surface area contributed by atoms with E-state index in [1.165, 1.54) is 0 Å². The van der Waals surface area contributed by atoms with Crippen LogP contribution in [0.5, 0.6) is 0 Å². The standard InChI is InChI=1S/C27H33N7O2/c1-16-17(2)31-32-24(16)26(35)29-21-12-20-14-23(30-25(20)28-15-21)19-4-3-5-22(13-19)33-8-10-34(11-9-33)27(36)18-6-7-18/h3-5,12-18,24,31-32H,6-11H2,1-2H3,(H,28,30)(H,29,35). The second-order valence-electron chi connectivity index (χ2n) is 10.4. The highest BCUT2D eigenvalue weighted by molar-refractivity contribution is 5.97. The Balaban J connectivity index is 1.15. The fourth-order valence-electron chi connectivity index (χ4n) is 5.18. The third-order valence-electron chi connectivity index (χ3n) is 7.84. The molecule has 2 aromatic heterocycles. The second-order valence-corrected chi connectivity index (χ2v) is 10.4. The van der Waals surface area contributed by atoms with Crippen molar-refractivity contribution in [3.63, 3.8) is 0 Å². The summed E-state index contributed by atoms with van der Waals surface area (Å²) in [6, 6.07) is 12.5. The van der Waals surface area contributed by atoms with E-state index in [2.05, 4.69) is 75.2 Å². The van der Waals surface area contributed by atoms with E-state index in [1.807, 2.05) is 11.0 Å². The molecule has 3 unspecified atom stereocenters. The van der Waals surface area contributed by atoms with E-state index in [9.17, 15) is 9.59 Å². The first-order valence-electron chi connectivity index (χ1n) is 12.9. The fraction of sp³-hybridized carbons (Fsp3) is 0.444. The number of anilines is 2. The minimum absolute atomic E-state index is 0.0668. The van der Waals surface area contributed by atoms with Crippen LogP contribution in [0.2, 0.25) is 0 Å². The van der Waals surface area contributed by atoms with Gasteiger partial charge in [-0.2, -0.15) is 0 Å². The number of aromatic nitrogens is 2. The molecule has 4 heterocycles. The molecule has 3 aromatic rings. The number of amides is 2. The van der Waals surface area contributed by atoms with Crippen LogP contribution >= 0.6 is 0 Å². The molecular formula is C27H33N7O2. The lowest BCUT2D eigenvalue weighted by Crippen LogP contribution is -2.49. The van der Waals surface area contributed by atoms with Crippen LogP contribution in [0, 0.1) is 11.8 Å². The zero-order chi connectivity index (χ0) is 24.8. The van der Waals surface area contributed by atoms with Crippen molar-refractivity contribution in [2.45, 2.75) is 38.8 Å². The van der Waals surface area contributed by atoms with Crippen LogP contribution < -0.4 is 21.1 Å². The van der Waals surface area contributed by atoms with E-state index >= 15 is 0 Å². The highest BCUT2D eigenvalue weighted by Crippen LogP contribution is 2.32. The second kappa shape index (κ2) is 9.22.